The van der Waals surface area contributed by atoms with E-state index in [4.69, 9.17) is 17.7 Å². The molecule has 0 amide bonds. The second-order valence-corrected chi connectivity index (χ2v) is 4.93. The van der Waals surface area contributed by atoms with Crippen LogP contribution < -0.4 is 91.5 Å². The summed E-state index contributed by atoms with van der Waals surface area (Å²) in [7, 11) is 0. The van der Waals surface area contributed by atoms with Crippen LogP contribution in [0.4, 0.5) is 0 Å². The third-order valence-electron chi connectivity index (χ3n) is 3.88. The number of hydrogen-bond donors (Lipinski definition) is 0. The number of hydrogen-bond acceptors (Lipinski definition) is 4. The maximum absolute atomic E-state index is 5.72. The van der Waals surface area contributed by atoms with Crippen molar-refractivity contribution in [3.05, 3.63) is 73.6 Å². The van der Waals surface area contributed by atoms with E-state index in [9.17, 15) is 0 Å². The Hall–Kier alpha value is -0.763. The summed E-state index contributed by atoms with van der Waals surface area (Å²) in [5.74, 6) is 0. The average Bonchev–Trinajstić information content (AvgIpc) is 3.32. The maximum atomic E-state index is 5.72. The second-order valence-electron chi connectivity index (χ2n) is 4.93. The first-order valence-electron chi connectivity index (χ1n) is 6.74. The van der Waals surface area contributed by atoms with Crippen molar-refractivity contribution in [1.82, 2.24) is 0 Å². The van der Waals surface area contributed by atoms with Crippen molar-refractivity contribution in [2.45, 2.75) is 0 Å². The predicted molar refractivity (Wildman–Crippen MR) is 79.1 cm³/mol. The molecule has 0 N–H and O–H groups in total. The van der Waals surface area contributed by atoms with Gasteiger partial charge in [-0.05, 0) is 46.9 Å². The van der Waals surface area contributed by atoms with Gasteiger partial charge in [0.25, 0.3) is 6.15 Å². The minimum atomic E-state index is -1.72. The Labute approximate surface area is 186 Å². The van der Waals surface area contributed by atoms with Crippen LogP contribution in [0.3, 0.4) is 0 Å². The van der Waals surface area contributed by atoms with Gasteiger partial charge in [0, 0.05) is 0 Å². The largest absolute Gasteiger partial charge is 1.00 e. The molecule has 0 saturated carbocycles. The van der Waals surface area contributed by atoms with Crippen LogP contribution in [-0.4, -0.2) is 6.15 Å². The fraction of sp³-hybridized carbons (Fsp3) is 0. The molecular formula is C16H12BCsO4. The van der Waals surface area contributed by atoms with Crippen molar-refractivity contribution < 1.29 is 86.6 Å². The van der Waals surface area contributed by atoms with E-state index < -0.39 is 6.15 Å². The topological polar surface area (TPSA) is 52.6 Å². The van der Waals surface area contributed by atoms with E-state index in [1.165, 1.54) is 0 Å². The van der Waals surface area contributed by atoms with Crippen LogP contribution in [0.1, 0.15) is 0 Å². The summed E-state index contributed by atoms with van der Waals surface area (Å²) in [4.78, 5) is 0. The fourth-order valence-electron chi connectivity index (χ4n) is 2.99. The molecule has 0 atom stereocenters. The van der Waals surface area contributed by atoms with E-state index in [0.29, 0.717) is 0 Å². The van der Waals surface area contributed by atoms with E-state index in [2.05, 4.69) is 0 Å². The summed E-state index contributed by atoms with van der Waals surface area (Å²) < 4.78 is 22.9. The molecule has 0 spiro atoms. The Bertz CT molecular complexity index is 644. The summed E-state index contributed by atoms with van der Waals surface area (Å²) >= 11 is 0. The van der Waals surface area contributed by atoms with Crippen LogP contribution >= 0.6 is 0 Å². The zero-order valence-corrected chi connectivity index (χ0v) is 18.4. The molecule has 104 valence electrons. The third kappa shape index (κ3) is 2.44. The minimum absolute atomic E-state index is 0. The van der Waals surface area contributed by atoms with Gasteiger partial charge in [-0.3, -0.25) is 0 Å². The first-order chi connectivity index (χ1) is 10.4. The Morgan fingerprint density at radius 2 is 0.773 bits per heavy atom. The fourth-order valence-corrected chi connectivity index (χ4v) is 2.99. The SMILES string of the molecule is [Cs+].c1coc([B-](c2ccco2)(c2ccco2)c2ccco2)c1. The number of furan rings is 4. The van der Waals surface area contributed by atoms with Gasteiger partial charge in [0.15, 0.2) is 0 Å². The van der Waals surface area contributed by atoms with Crippen LogP contribution in [0.5, 0.6) is 0 Å². The molecule has 0 bridgehead atoms. The molecular weight excluding hydrogens is 400 g/mol. The standard InChI is InChI=1S/C16H12BO4.Cs/c1-5-13(18-9-1)17(14-6-2-10-19-14,15-7-3-11-20-15)16-8-4-12-21-16;/h1-12H;/q-1;+1. The van der Waals surface area contributed by atoms with Gasteiger partial charge in [-0.1, -0.05) is 24.3 Å². The number of rotatable bonds is 4. The summed E-state index contributed by atoms with van der Waals surface area (Å²) in [6.45, 7) is 0. The molecule has 4 rings (SSSR count). The van der Waals surface area contributed by atoms with Gasteiger partial charge >= 0.3 is 68.9 Å². The van der Waals surface area contributed by atoms with Crippen molar-refractivity contribution in [2.24, 2.45) is 0 Å². The molecule has 0 aliphatic rings. The summed E-state index contributed by atoms with van der Waals surface area (Å²) in [6, 6.07) is 15.0. The van der Waals surface area contributed by atoms with Crippen molar-refractivity contribution >= 4 is 28.8 Å². The first kappa shape index (κ1) is 16.1. The van der Waals surface area contributed by atoms with E-state index >= 15 is 0 Å². The van der Waals surface area contributed by atoms with Crippen molar-refractivity contribution in [2.75, 3.05) is 0 Å². The molecule has 0 aromatic carbocycles. The summed E-state index contributed by atoms with van der Waals surface area (Å²) in [5, 5.41) is 0. The molecule has 4 aromatic rings. The molecule has 0 fully saturated rings. The van der Waals surface area contributed by atoms with E-state index in [-0.39, 0.29) is 68.9 Å². The Morgan fingerprint density at radius 1 is 0.500 bits per heavy atom. The van der Waals surface area contributed by atoms with Gasteiger partial charge in [-0.25, -0.2) is 0 Å². The second kappa shape index (κ2) is 6.78. The average molecular weight is 412 g/mol. The molecule has 0 aliphatic carbocycles. The van der Waals surface area contributed by atoms with Crippen molar-refractivity contribution in [1.29, 1.82) is 0 Å². The van der Waals surface area contributed by atoms with Crippen LogP contribution in [0.15, 0.2) is 91.3 Å². The minimum Gasteiger partial charge on any atom is -0.509 e. The monoisotopic (exact) mass is 412 g/mol. The third-order valence-corrected chi connectivity index (χ3v) is 3.88. The molecule has 0 saturated heterocycles. The molecule has 6 heteroatoms. The molecule has 4 aromatic heterocycles. The molecule has 22 heavy (non-hydrogen) atoms. The zero-order valence-electron chi connectivity index (χ0n) is 12.1. The van der Waals surface area contributed by atoms with Crippen LogP contribution in [-0.2, 0) is 0 Å². The van der Waals surface area contributed by atoms with Crippen molar-refractivity contribution in [3.63, 3.8) is 0 Å². The Kier molecular flexibility index (Phi) is 4.96. The van der Waals surface area contributed by atoms with Crippen LogP contribution in [0, 0.1) is 0 Å². The van der Waals surface area contributed by atoms with Crippen LogP contribution in [0.2, 0.25) is 0 Å². The van der Waals surface area contributed by atoms with Gasteiger partial charge in [-0.2, -0.15) is 0 Å². The van der Waals surface area contributed by atoms with Gasteiger partial charge in [0.05, 0.1) is 25.1 Å². The van der Waals surface area contributed by atoms with Gasteiger partial charge in [0.1, 0.15) is 0 Å². The molecule has 0 aliphatic heterocycles. The maximum Gasteiger partial charge on any atom is 1.00 e. The molecule has 4 heterocycles. The van der Waals surface area contributed by atoms with Gasteiger partial charge < -0.3 is 17.7 Å². The smallest absolute Gasteiger partial charge is 0.509 e. The predicted octanol–water partition coefficient (Wildman–Crippen LogP) is -1.56. The van der Waals surface area contributed by atoms with Crippen LogP contribution in [0.25, 0.3) is 0 Å². The molecule has 0 radical (unpaired) electrons. The Morgan fingerprint density at radius 3 is 0.955 bits per heavy atom. The zero-order chi connectivity index (χ0) is 14.1. The van der Waals surface area contributed by atoms with Gasteiger partial charge in [0.2, 0.25) is 0 Å². The quantitative estimate of drug-likeness (QED) is 0.381. The normalized spacial score (nSPS) is 11.3. The Balaban J connectivity index is 0.00000144. The molecule has 0 unspecified atom stereocenters. The van der Waals surface area contributed by atoms with E-state index in [0.717, 1.165) is 22.6 Å². The summed E-state index contributed by atoms with van der Waals surface area (Å²) in [5.41, 5.74) is 2.93. The van der Waals surface area contributed by atoms with E-state index in [1.807, 2.05) is 48.5 Å². The van der Waals surface area contributed by atoms with E-state index in [1.54, 1.807) is 25.1 Å². The first-order valence-corrected chi connectivity index (χ1v) is 6.74. The van der Waals surface area contributed by atoms with Gasteiger partial charge in [-0.15, -0.1) is 0 Å². The molecule has 4 nitrogen and oxygen atoms in total. The summed E-state index contributed by atoms with van der Waals surface area (Å²) in [6.07, 6.45) is 4.84. The van der Waals surface area contributed by atoms with Crippen molar-refractivity contribution in [3.8, 4) is 0 Å².